The summed E-state index contributed by atoms with van der Waals surface area (Å²) in [6, 6.07) is 19.7. The molecular weight excluding hydrogens is 462 g/mol. The van der Waals surface area contributed by atoms with Crippen LogP contribution in [-0.2, 0) is 6.42 Å². The van der Waals surface area contributed by atoms with Gasteiger partial charge in [-0.15, -0.1) is 0 Å². The lowest BCUT2D eigenvalue weighted by Gasteiger charge is -2.27. The Morgan fingerprint density at radius 1 is 1.07 bits per heavy atom. The van der Waals surface area contributed by atoms with E-state index in [1.165, 1.54) is 5.69 Å². The molecule has 1 aliphatic rings. The van der Waals surface area contributed by atoms with Gasteiger partial charge in [0.15, 0.2) is 0 Å². The molecular formula is C24H23BrClN3O. The van der Waals surface area contributed by atoms with Crippen LogP contribution in [0.25, 0.3) is 0 Å². The molecule has 0 saturated carbocycles. The molecule has 1 saturated heterocycles. The van der Waals surface area contributed by atoms with E-state index in [-0.39, 0.29) is 5.75 Å². The number of hydrogen-bond donors (Lipinski definition) is 1. The van der Waals surface area contributed by atoms with E-state index < -0.39 is 0 Å². The molecule has 0 atom stereocenters. The fraction of sp³-hybridized carbons (Fsp3) is 0.208. The summed E-state index contributed by atoms with van der Waals surface area (Å²) < 4.78 is 0.533. The van der Waals surface area contributed by atoms with Crippen molar-refractivity contribution in [2.24, 2.45) is 4.99 Å². The minimum absolute atomic E-state index is 0.0668. The van der Waals surface area contributed by atoms with Crippen molar-refractivity contribution in [2.45, 2.75) is 6.42 Å². The molecule has 0 aliphatic carbocycles. The molecule has 4 rings (SSSR count). The van der Waals surface area contributed by atoms with Gasteiger partial charge in [0.1, 0.15) is 0 Å². The fourth-order valence-corrected chi connectivity index (χ4v) is 4.36. The first-order valence-electron chi connectivity index (χ1n) is 10.0. The highest BCUT2D eigenvalue weighted by atomic mass is 79.9. The molecule has 1 heterocycles. The second-order valence-corrected chi connectivity index (χ2v) is 8.65. The van der Waals surface area contributed by atoms with Crippen molar-refractivity contribution in [2.75, 3.05) is 31.1 Å². The Bertz CT molecular complexity index is 1050. The fourth-order valence-electron chi connectivity index (χ4n) is 3.63. The summed E-state index contributed by atoms with van der Waals surface area (Å²) in [7, 11) is 0. The monoisotopic (exact) mass is 483 g/mol. The highest BCUT2D eigenvalue weighted by molar-refractivity contribution is 9.10. The number of rotatable bonds is 5. The van der Waals surface area contributed by atoms with Crippen LogP contribution in [0.1, 0.15) is 16.7 Å². The molecule has 4 nitrogen and oxygen atoms in total. The summed E-state index contributed by atoms with van der Waals surface area (Å²) in [5, 5.41) is 15.6. The molecule has 1 fully saturated rings. The lowest BCUT2D eigenvalue weighted by atomic mass is 10.0. The molecule has 0 aromatic heterocycles. The van der Waals surface area contributed by atoms with E-state index in [4.69, 9.17) is 11.6 Å². The average molecular weight is 485 g/mol. The van der Waals surface area contributed by atoms with E-state index in [1.54, 1.807) is 6.21 Å². The van der Waals surface area contributed by atoms with Crippen LogP contribution in [-0.4, -0.2) is 32.4 Å². The zero-order valence-corrected chi connectivity index (χ0v) is 18.9. The van der Waals surface area contributed by atoms with Crippen molar-refractivity contribution in [1.82, 2.24) is 0 Å². The van der Waals surface area contributed by atoms with Crippen LogP contribution >= 0.6 is 27.5 Å². The van der Waals surface area contributed by atoms with Crippen molar-refractivity contribution in [3.8, 4) is 5.75 Å². The van der Waals surface area contributed by atoms with Crippen LogP contribution in [0.3, 0.4) is 0 Å². The summed E-state index contributed by atoms with van der Waals surface area (Å²) in [6.45, 7) is 4.39. The zero-order chi connectivity index (χ0) is 20.9. The van der Waals surface area contributed by atoms with Crippen LogP contribution in [0.5, 0.6) is 5.75 Å². The first-order chi connectivity index (χ1) is 14.6. The predicted octanol–water partition coefficient (Wildman–Crippen LogP) is 3.90. The minimum Gasteiger partial charge on any atom is -0.871 e. The maximum absolute atomic E-state index is 12.5. The van der Waals surface area contributed by atoms with Gasteiger partial charge in [-0.2, -0.15) is 0 Å². The summed E-state index contributed by atoms with van der Waals surface area (Å²) in [5.41, 5.74) is 4.64. The largest absolute Gasteiger partial charge is 0.871 e. The van der Waals surface area contributed by atoms with Gasteiger partial charge in [0.05, 0.1) is 31.9 Å². The molecule has 3 aromatic carbocycles. The van der Waals surface area contributed by atoms with Crippen molar-refractivity contribution >= 4 is 45.1 Å². The van der Waals surface area contributed by atoms with E-state index in [1.807, 2.05) is 48.5 Å². The summed E-state index contributed by atoms with van der Waals surface area (Å²) >= 11 is 9.68. The number of benzene rings is 3. The number of hydrogen-bond acceptors (Lipinski definition) is 3. The Balaban J connectivity index is 1.52. The number of nitrogens with zero attached hydrogens (tertiary/aromatic N) is 2. The standard InChI is InChI=1S/C24H23BrClN3O/c25-22-15-17(13-18-3-1-2-4-23(18)26)14-19(24(22)30)16-28-20-5-7-21(8-6-20)29-11-9-27-10-12-29/h1-8,14-16,27,30H,9-13H2. The molecule has 0 amide bonds. The van der Waals surface area contributed by atoms with Gasteiger partial charge in [0, 0.05) is 21.4 Å². The van der Waals surface area contributed by atoms with Crippen molar-refractivity contribution in [3.63, 3.8) is 0 Å². The zero-order valence-electron chi connectivity index (χ0n) is 16.5. The van der Waals surface area contributed by atoms with E-state index >= 15 is 0 Å². The van der Waals surface area contributed by atoms with E-state index in [0.29, 0.717) is 16.5 Å². The van der Waals surface area contributed by atoms with Crippen LogP contribution in [0.4, 0.5) is 11.4 Å². The Hall–Kier alpha value is -2.34. The molecule has 0 radical (unpaired) electrons. The molecule has 3 aromatic rings. The quantitative estimate of drug-likeness (QED) is 0.559. The summed E-state index contributed by atoms with van der Waals surface area (Å²) in [4.78, 5) is 6.92. The van der Waals surface area contributed by atoms with Gasteiger partial charge in [-0.25, -0.2) is 0 Å². The third-order valence-corrected chi connectivity index (χ3v) is 6.22. The Kier molecular flexibility index (Phi) is 6.72. The molecule has 154 valence electrons. The first-order valence-corrected chi connectivity index (χ1v) is 11.2. The summed E-state index contributed by atoms with van der Waals surface area (Å²) in [6.07, 6.45) is 2.30. The average Bonchev–Trinajstić information content (AvgIpc) is 2.78. The van der Waals surface area contributed by atoms with Gasteiger partial charge >= 0.3 is 0 Å². The molecule has 0 spiro atoms. The van der Waals surface area contributed by atoms with Crippen molar-refractivity contribution in [3.05, 3.63) is 86.8 Å². The number of aliphatic imine (C=N–C) groups is 1. The predicted molar refractivity (Wildman–Crippen MR) is 125 cm³/mol. The smallest absolute Gasteiger partial charge is 0.0934 e. The second-order valence-electron chi connectivity index (χ2n) is 7.39. The topological polar surface area (TPSA) is 55.3 Å². The molecule has 1 aliphatic heterocycles. The van der Waals surface area contributed by atoms with Crippen LogP contribution in [0.2, 0.25) is 5.02 Å². The molecule has 2 N–H and O–H groups in total. The SMILES string of the molecule is [O-]c1c(Br)cc(Cc2ccccc2Cl)cc1C=Nc1ccc(N2CC[NH2+]CC2)cc1. The Labute approximate surface area is 190 Å². The number of quaternary nitrogens is 1. The number of anilines is 1. The van der Waals surface area contributed by atoms with Crippen LogP contribution in [0.15, 0.2) is 70.1 Å². The normalized spacial score (nSPS) is 14.4. The third-order valence-electron chi connectivity index (χ3n) is 5.26. The Morgan fingerprint density at radius 2 is 1.80 bits per heavy atom. The van der Waals surface area contributed by atoms with Crippen molar-refractivity contribution < 1.29 is 10.4 Å². The summed E-state index contributed by atoms with van der Waals surface area (Å²) in [5.74, 6) is -0.0668. The van der Waals surface area contributed by atoms with E-state index in [0.717, 1.165) is 48.0 Å². The van der Waals surface area contributed by atoms with Crippen molar-refractivity contribution in [1.29, 1.82) is 0 Å². The third kappa shape index (κ3) is 5.04. The van der Waals surface area contributed by atoms with E-state index in [9.17, 15) is 5.11 Å². The number of piperazine rings is 1. The molecule has 30 heavy (non-hydrogen) atoms. The molecule has 6 heteroatoms. The molecule has 0 unspecified atom stereocenters. The number of nitrogens with two attached hydrogens (primary N) is 1. The first kappa shape index (κ1) is 20.9. The highest BCUT2D eigenvalue weighted by Crippen LogP contribution is 2.29. The highest BCUT2D eigenvalue weighted by Gasteiger charge is 2.12. The van der Waals surface area contributed by atoms with Crippen LogP contribution < -0.4 is 15.3 Å². The van der Waals surface area contributed by atoms with Gasteiger partial charge in [-0.05, 0) is 59.5 Å². The minimum atomic E-state index is -0.0668. The van der Waals surface area contributed by atoms with Gasteiger partial charge in [0.2, 0.25) is 0 Å². The maximum atomic E-state index is 12.5. The van der Waals surface area contributed by atoms with Gasteiger partial charge in [0.25, 0.3) is 0 Å². The lowest BCUT2D eigenvalue weighted by molar-refractivity contribution is -0.655. The Morgan fingerprint density at radius 3 is 2.53 bits per heavy atom. The van der Waals surface area contributed by atoms with E-state index in [2.05, 4.69) is 43.3 Å². The number of halogens is 2. The second kappa shape index (κ2) is 9.65. The maximum Gasteiger partial charge on any atom is 0.0934 e. The lowest BCUT2D eigenvalue weighted by Crippen LogP contribution is -2.89. The van der Waals surface area contributed by atoms with Crippen LogP contribution in [0, 0.1) is 0 Å². The van der Waals surface area contributed by atoms with Gasteiger partial charge in [-0.3, -0.25) is 4.99 Å². The van der Waals surface area contributed by atoms with Gasteiger partial charge in [-0.1, -0.05) is 57.5 Å². The molecule has 0 bridgehead atoms. The van der Waals surface area contributed by atoms with Gasteiger partial charge < -0.3 is 15.3 Å².